The summed E-state index contributed by atoms with van der Waals surface area (Å²) in [6, 6.07) is 14.9. The molecular weight excluding hydrogens is 274 g/mol. The zero-order valence-electron chi connectivity index (χ0n) is 11.2. The van der Waals surface area contributed by atoms with E-state index >= 15 is 0 Å². The van der Waals surface area contributed by atoms with Crippen molar-refractivity contribution in [1.29, 1.82) is 0 Å². The third-order valence-corrected chi connectivity index (χ3v) is 3.26. The lowest BCUT2D eigenvalue weighted by Crippen LogP contribution is -2.22. The van der Waals surface area contributed by atoms with E-state index in [1.165, 1.54) is 0 Å². The first-order valence-corrected chi connectivity index (χ1v) is 6.82. The van der Waals surface area contributed by atoms with E-state index < -0.39 is 0 Å². The van der Waals surface area contributed by atoms with Crippen LogP contribution in [0.5, 0.6) is 5.75 Å². The summed E-state index contributed by atoms with van der Waals surface area (Å²) >= 11 is 5.79. The summed E-state index contributed by atoms with van der Waals surface area (Å²) in [6.07, 6.45) is 0. The highest BCUT2D eigenvalue weighted by Crippen LogP contribution is 2.12. The molecule has 2 aromatic rings. The van der Waals surface area contributed by atoms with Gasteiger partial charge in [0.25, 0.3) is 5.91 Å². The fraction of sp³-hybridized carbons (Fsp3) is 0.188. The van der Waals surface area contributed by atoms with Crippen LogP contribution in [0.2, 0.25) is 0 Å². The Balaban J connectivity index is 1.97. The van der Waals surface area contributed by atoms with Crippen LogP contribution in [-0.2, 0) is 12.4 Å². The smallest absolute Gasteiger partial charge is 0.251 e. The minimum Gasteiger partial charge on any atom is -0.497 e. The number of halogens is 1. The van der Waals surface area contributed by atoms with Gasteiger partial charge in [-0.25, -0.2) is 0 Å². The molecule has 0 saturated heterocycles. The third kappa shape index (κ3) is 3.75. The molecule has 2 aromatic carbocycles. The van der Waals surface area contributed by atoms with Gasteiger partial charge in [-0.15, -0.1) is 11.6 Å². The average Bonchev–Trinajstić information content (AvgIpc) is 2.53. The van der Waals surface area contributed by atoms with Crippen LogP contribution in [0, 0.1) is 0 Å². The summed E-state index contributed by atoms with van der Waals surface area (Å²) in [5.41, 5.74) is 2.69. The normalized spacial score (nSPS) is 10.1. The molecule has 0 radical (unpaired) electrons. The summed E-state index contributed by atoms with van der Waals surface area (Å²) in [5.74, 6) is 1.10. The number of carbonyl (C=O) groups is 1. The maximum Gasteiger partial charge on any atom is 0.251 e. The maximum absolute atomic E-state index is 12.0. The summed E-state index contributed by atoms with van der Waals surface area (Å²) in [5, 5.41) is 2.88. The number of rotatable bonds is 5. The first-order chi connectivity index (χ1) is 9.72. The van der Waals surface area contributed by atoms with Crippen molar-refractivity contribution in [2.24, 2.45) is 0 Å². The monoisotopic (exact) mass is 289 g/mol. The molecule has 0 unspecified atom stereocenters. The van der Waals surface area contributed by atoms with Crippen LogP contribution in [0.15, 0.2) is 48.5 Å². The van der Waals surface area contributed by atoms with E-state index in [9.17, 15) is 4.79 Å². The first-order valence-electron chi connectivity index (χ1n) is 6.29. The van der Waals surface area contributed by atoms with Gasteiger partial charge in [0, 0.05) is 18.0 Å². The molecule has 3 nitrogen and oxygen atoms in total. The van der Waals surface area contributed by atoms with Gasteiger partial charge >= 0.3 is 0 Å². The van der Waals surface area contributed by atoms with Crippen molar-refractivity contribution in [2.75, 3.05) is 7.11 Å². The van der Waals surface area contributed by atoms with Gasteiger partial charge in [0.15, 0.2) is 0 Å². The maximum atomic E-state index is 12.0. The van der Waals surface area contributed by atoms with Crippen LogP contribution < -0.4 is 10.1 Å². The Morgan fingerprint density at radius 1 is 1.15 bits per heavy atom. The minimum absolute atomic E-state index is 0.107. The molecule has 0 atom stereocenters. The zero-order valence-corrected chi connectivity index (χ0v) is 12.0. The van der Waals surface area contributed by atoms with Gasteiger partial charge in [-0.1, -0.05) is 24.3 Å². The summed E-state index contributed by atoms with van der Waals surface area (Å²) in [7, 11) is 1.60. The number of ether oxygens (including phenoxy) is 1. The Hall–Kier alpha value is -2.00. The average molecular weight is 290 g/mol. The molecule has 0 heterocycles. The van der Waals surface area contributed by atoms with Gasteiger partial charge in [-0.05, 0) is 35.4 Å². The number of methoxy groups -OCH3 is 1. The molecule has 0 fully saturated rings. The molecule has 0 aliphatic heterocycles. The predicted octanol–water partition coefficient (Wildman–Crippen LogP) is 3.36. The SMILES string of the molecule is COc1ccc(C(=O)NCc2cccc(CCl)c2)cc1. The lowest BCUT2D eigenvalue weighted by molar-refractivity contribution is 0.0951. The van der Waals surface area contributed by atoms with Gasteiger partial charge in [-0.3, -0.25) is 4.79 Å². The predicted molar refractivity (Wildman–Crippen MR) is 80.2 cm³/mol. The molecule has 0 aliphatic rings. The molecule has 0 saturated carbocycles. The molecule has 1 N–H and O–H groups in total. The van der Waals surface area contributed by atoms with Crippen molar-refractivity contribution in [3.05, 3.63) is 65.2 Å². The fourth-order valence-corrected chi connectivity index (χ4v) is 2.02. The van der Waals surface area contributed by atoms with Gasteiger partial charge < -0.3 is 10.1 Å². The van der Waals surface area contributed by atoms with E-state index in [2.05, 4.69) is 5.32 Å². The summed E-state index contributed by atoms with van der Waals surface area (Å²) in [6.45, 7) is 0.482. The van der Waals surface area contributed by atoms with Crippen LogP contribution in [0.1, 0.15) is 21.5 Å². The van der Waals surface area contributed by atoms with Crippen molar-refractivity contribution in [2.45, 2.75) is 12.4 Å². The summed E-state index contributed by atoms with van der Waals surface area (Å²) in [4.78, 5) is 12.0. The fourth-order valence-electron chi connectivity index (χ4n) is 1.85. The highest BCUT2D eigenvalue weighted by Gasteiger charge is 2.05. The van der Waals surface area contributed by atoms with Gasteiger partial charge in [-0.2, -0.15) is 0 Å². The molecule has 0 spiro atoms. The highest BCUT2D eigenvalue weighted by atomic mass is 35.5. The van der Waals surface area contributed by atoms with Crippen molar-refractivity contribution in [3.8, 4) is 5.75 Å². The van der Waals surface area contributed by atoms with Crippen molar-refractivity contribution >= 4 is 17.5 Å². The van der Waals surface area contributed by atoms with Gasteiger partial charge in [0.05, 0.1) is 7.11 Å². The van der Waals surface area contributed by atoms with E-state index in [0.717, 1.165) is 16.9 Å². The Kier molecular flexibility index (Phi) is 5.02. The molecular formula is C16H16ClNO2. The molecule has 4 heteroatoms. The molecule has 0 bridgehead atoms. The number of nitrogens with one attached hydrogen (secondary N) is 1. The standard InChI is InChI=1S/C16H16ClNO2/c1-20-15-7-5-14(6-8-15)16(19)18-11-13-4-2-3-12(9-13)10-17/h2-9H,10-11H2,1H3,(H,18,19). The number of carbonyl (C=O) groups excluding carboxylic acids is 1. The first kappa shape index (κ1) is 14.4. The van der Waals surface area contributed by atoms with Gasteiger partial charge in [0.2, 0.25) is 0 Å². The quantitative estimate of drug-likeness (QED) is 0.857. The number of hydrogen-bond acceptors (Lipinski definition) is 2. The van der Waals surface area contributed by atoms with Crippen LogP contribution in [0.25, 0.3) is 0 Å². The number of alkyl halides is 1. The van der Waals surface area contributed by atoms with Crippen LogP contribution >= 0.6 is 11.6 Å². The van der Waals surface area contributed by atoms with Crippen LogP contribution in [0.4, 0.5) is 0 Å². The Morgan fingerprint density at radius 3 is 2.50 bits per heavy atom. The molecule has 2 rings (SSSR count). The van der Waals surface area contributed by atoms with E-state index in [4.69, 9.17) is 16.3 Å². The number of amides is 1. The third-order valence-electron chi connectivity index (χ3n) is 2.95. The Bertz CT molecular complexity index is 581. The largest absolute Gasteiger partial charge is 0.497 e. The van der Waals surface area contributed by atoms with Crippen molar-refractivity contribution in [3.63, 3.8) is 0 Å². The van der Waals surface area contributed by atoms with E-state index in [0.29, 0.717) is 18.0 Å². The lowest BCUT2D eigenvalue weighted by atomic mass is 10.1. The topological polar surface area (TPSA) is 38.3 Å². The Labute approximate surface area is 123 Å². The van der Waals surface area contributed by atoms with Gasteiger partial charge in [0.1, 0.15) is 5.75 Å². The minimum atomic E-state index is -0.107. The molecule has 1 amide bonds. The number of benzene rings is 2. The molecule has 0 aliphatic carbocycles. The molecule has 104 valence electrons. The van der Waals surface area contributed by atoms with E-state index in [1.807, 2.05) is 24.3 Å². The van der Waals surface area contributed by atoms with Crippen molar-refractivity contribution < 1.29 is 9.53 Å². The number of hydrogen-bond donors (Lipinski definition) is 1. The summed E-state index contributed by atoms with van der Waals surface area (Å²) < 4.78 is 5.06. The lowest BCUT2D eigenvalue weighted by Gasteiger charge is -2.07. The van der Waals surface area contributed by atoms with Crippen LogP contribution in [0.3, 0.4) is 0 Å². The Morgan fingerprint density at radius 2 is 1.85 bits per heavy atom. The second-order valence-electron chi connectivity index (χ2n) is 4.36. The highest BCUT2D eigenvalue weighted by molar-refractivity contribution is 6.17. The molecule has 20 heavy (non-hydrogen) atoms. The van der Waals surface area contributed by atoms with E-state index in [-0.39, 0.29) is 5.91 Å². The molecule has 0 aromatic heterocycles. The van der Waals surface area contributed by atoms with E-state index in [1.54, 1.807) is 31.4 Å². The second-order valence-corrected chi connectivity index (χ2v) is 4.63. The van der Waals surface area contributed by atoms with Crippen molar-refractivity contribution in [1.82, 2.24) is 5.32 Å². The second kappa shape index (κ2) is 6.96. The zero-order chi connectivity index (χ0) is 14.4. The van der Waals surface area contributed by atoms with Crippen LogP contribution in [-0.4, -0.2) is 13.0 Å².